The van der Waals surface area contributed by atoms with Gasteiger partial charge >= 0.3 is 0 Å². The molecule has 1 fully saturated rings. The molecule has 0 aliphatic carbocycles. The van der Waals surface area contributed by atoms with Crippen LogP contribution in [-0.4, -0.2) is 37.8 Å². The first-order valence-electron chi connectivity index (χ1n) is 7.54. The lowest BCUT2D eigenvalue weighted by molar-refractivity contribution is 0.586. The highest BCUT2D eigenvalue weighted by Gasteiger charge is 2.33. The maximum atomic E-state index is 12.1. The van der Waals surface area contributed by atoms with Crippen molar-refractivity contribution in [2.24, 2.45) is 0 Å². The van der Waals surface area contributed by atoms with Crippen LogP contribution in [0, 0.1) is 0 Å². The van der Waals surface area contributed by atoms with Crippen LogP contribution in [0.15, 0.2) is 42.6 Å². The topological polar surface area (TPSA) is 46.1 Å². The first kappa shape index (κ1) is 15.2. The molecule has 4 nitrogen and oxygen atoms in total. The minimum Gasteiger partial charge on any atom is -0.354 e. The van der Waals surface area contributed by atoms with Crippen molar-refractivity contribution in [3.63, 3.8) is 0 Å². The van der Waals surface area contributed by atoms with Gasteiger partial charge in [0, 0.05) is 42.3 Å². The van der Waals surface area contributed by atoms with Gasteiger partial charge in [0.2, 0.25) is 0 Å². The highest BCUT2D eigenvalue weighted by molar-refractivity contribution is 7.86. The number of nitrogens with zero attached hydrogens (tertiary/aromatic N) is 3. The Bertz CT molecular complexity index is 673. The summed E-state index contributed by atoms with van der Waals surface area (Å²) >= 11 is 0. The van der Waals surface area contributed by atoms with Gasteiger partial charge in [-0.15, -0.1) is 0 Å². The molecule has 0 saturated carbocycles. The van der Waals surface area contributed by atoms with Gasteiger partial charge in [0.05, 0.1) is 4.75 Å². The smallest absolute Gasteiger partial charge is 0.135 e. The monoisotopic (exact) mass is 315 g/mol. The van der Waals surface area contributed by atoms with Crippen LogP contribution in [-0.2, 0) is 17.2 Å². The summed E-state index contributed by atoms with van der Waals surface area (Å²) in [6.45, 7) is 5.67. The summed E-state index contributed by atoms with van der Waals surface area (Å²) in [4.78, 5) is 11.3. The van der Waals surface area contributed by atoms with E-state index in [4.69, 9.17) is 4.98 Å². The lowest BCUT2D eigenvalue weighted by Crippen LogP contribution is -2.50. The molecule has 0 amide bonds. The fraction of sp³-hybridized carbons (Fsp3) is 0.412. The van der Waals surface area contributed by atoms with Gasteiger partial charge in [-0.2, -0.15) is 0 Å². The summed E-state index contributed by atoms with van der Waals surface area (Å²) in [5.74, 6) is 2.46. The van der Waals surface area contributed by atoms with Gasteiger partial charge in [-0.3, -0.25) is 4.21 Å². The molecule has 2 aromatic rings. The molecule has 3 rings (SSSR count). The van der Waals surface area contributed by atoms with Crippen LogP contribution in [0.3, 0.4) is 0 Å². The SMILES string of the molecule is CC1(C)CN(c2ccnc(Cc3ccccc3)n2)CC[S@]1=O. The summed E-state index contributed by atoms with van der Waals surface area (Å²) in [7, 11) is -0.767. The van der Waals surface area contributed by atoms with Crippen molar-refractivity contribution in [3.05, 3.63) is 54.0 Å². The van der Waals surface area contributed by atoms with Crippen LogP contribution in [0.2, 0.25) is 0 Å². The van der Waals surface area contributed by atoms with E-state index in [1.165, 1.54) is 5.56 Å². The van der Waals surface area contributed by atoms with E-state index >= 15 is 0 Å². The normalized spacial score (nSPS) is 20.8. The zero-order chi connectivity index (χ0) is 15.6. The molecule has 1 atom stereocenters. The standard InChI is InChI=1S/C17H21N3OS/c1-17(2)13-20(10-11-22(17)21)16-8-9-18-15(19-16)12-14-6-4-3-5-7-14/h3-9H,10-13H2,1-2H3/t22-/m1/s1. The van der Waals surface area contributed by atoms with Gasteiger partial charge in [0.1, 0.15) is 11.6 Å². The molecule has 1 aliphatic rings. The average molecular weight is 315 g/mol. The van der Waals surface area contributed by atoms with Crippen molar-refractivity contribution in [1.82, 2.24) is 9.97 Å². The molecule has 0 N–H and O–H groups in total. The minimum atomic E-state index is -0.767. The van der Waals surface area contributed by atoms with Crippen molar-refractivity contribution in [2.45, 2.75) is 25.0 Å². The van der Waals surface area contributed by atoms with Crippen molar-refractivity contribution in [2.75, 3.05) is 23.7 Å². The van der Waals surface area contributed by atoms with Crippen molar-refractivity contribution in [1.29, 1.82) is 0 Å². The Morgan fingerprint density at radius 1 is 1.23 bits per heavy atom. The van der Waals surface area contributed by atoms with Gasteiger partial charge in [-0.25, -0.2) is 9.97 Å². The third-order valence-electron chi connectivity index (χ3n) is 3.95. The Morgan fingerprint density at radius 2 is 2.00 bits per heavy atom. The molecule has 0 unspecified atom stereocenters. The first-order valence-corrected chi connectivity index (χ1v) is 8.86. The molecule has 1 aromatic carbocycles. The molecule has 0 spiro atoms. The van der Waals surface area contributed by atoms with Gasteiger partial charge in [-0.1, -0.05) is 30.3 Å². The van der Waals surface area contributed by atoms with E-state index in [9.17, 15) is 4.21 Å². The van der Waals surface area contributed by atoms with E-state index in [-0.39, 0.29) is 4.75 Å². The van der Waals surface area contributed by atoms with Crippen LogP contribution in [0.5, 0.6) is 0 Å². The van der Waals surface area contributed by atoms with E-state index in [1.54, 1.807) is 0 Å². The second-order valence-electron chi connectivity index (χ2n) is 6.22. The van der Waals surface area contributed by atoms with Crippen LogP contribution in [0.4, 0.5) is 5.82 Å². The van der Waals surface area contributed by atoms with E-state index in [0.29, 0.717) is 5.75 Å². The summed E-state index contributed by atoms with van der Waals surface area (Å²) in [6.07, 6.45) is 2.55. The predicted octanol–water partition coefficient (Wildman–Crippen LogP) is 2.41. The van der Waals surface area contributed by atoms with Crippen LogP contribution in [0.1, 0.15) is 25.2 Å². The summed E-state index contributed by atoms with van der Waals surface area (Å²) < 4.78 is 11.9. The van der Waals surface area contributed by atoms with Crippen molar-refractivity contribution in [3.8, 4) is 0 Å². The number of hydrogen-bond donors (Lipinski definition) is 0. The Hall–Kier alpha value is -1.75. The van der Waals surface area contributed by atoms with Gasteiger partial charge in [0.25, 0.3) is 0 Å². The molecule has 1 aromatic heterocycles. The molecule has 1 aliphatic heterocycles. The van der Waals surface area contributed by atoms with Gasteiger partial charge in [0.15, 0.2) is 0 Å². The Kier molecular flexibility index (Phi) is 4.25. The van der Waals surface area contributed by atoms with E-state index < -0.39 is 10.8 Å². The Labute approximate surface area is 134 Å². The maximum absolute atomic E-state index is 12.1. The third kappa shape index (κ3) is 3.35. The molecule has 1 saturated heterocycles. The Balaban J connectivity index is 1.78. The molecule has 0 radical (unpaired) electrons. The summed E-state index contributed by atoms with van der Waals surface area (Å²) in [6, 6.07) is 12.2. The number of hydrogen-bond acceptors (Lipinski definition) is 4. The zero-order valence-corrected chi connectivity index (χ0v) is 13.8. The molecule has 0 bridgehead atoms. The van der Waals surface area contributed by atoms with E-state index in [0.717, 1.165) is 31.2 Å². The second kappa shape index (κ2) is 6.16. The van der Waals surface area contributed by atoms with Crippen LogP contribution >= 0.6 is 0 Å². The zero-order valence-electron chi connectivity index (χ0n) is 13.0. The van der Waals surface area contributed by atoms with E-state index in [2.05, 4.69) is 35.9 Å². The van der Waals surface area contributed by atoms with Gasteiger partial charge < -0.3 is 4.90 Å². The fourth-order valence-corrected chi connectivity index (χ4v) is 3.94. The second-order valence-corrected chi connectivity index (χ2v) is 8.43. The molecule has 2 heterocycles. The first-order chi connectivity index (χ1) is 10.5. The molecular formula is C17H21N3OS. The predicted molar refractivity (Wildman–Crippen MR) is 90.6 cm³/mol. The number of anilines is 1. The molecule has 5 heteroatoms. The van der Waals surface area contributed by atoms with Crippen LogP contribution < -0.4 is 4.90 Å². The molecule has 116 valence electrons. The highest BCUT2D eigenvalue weighted by atomic mass is 32.2. The average Bonchev–Trinajstić information content (AvgIpc) is 2.51. The lowest BCUT2D eigenvalue weighted by atomic mass is 10.1. The number of aromatic nitrogens is 2. The summed E-state index contributed by atoms with van der Waals surface area (Å²) in [5, 5.41) is 0. The van der Waals surface area contributed by atoms with Gasteiger partial charge in [-0.05, 0) is 25.5 Å². The molecule has 22 heavy (non-hydrogen) atoms. The van der Waals surface area contributed by atoms with Crippen molar-refractivity contribution < 1.29 is 4.21 Å². The molecular weight excluding hydrogens is 294 g/mol. The summed E-state index contributed by atoms with van der Waals surface area (Å²) in [5.41, 5.74) is 1.21. The fourth-order valence-electron chi connectivity index (χ4n) is 2.70. The highest BCUT2D eigenvalue weighted by Crippen LogP contribution is 2.24. The van der Waals surface area contributed by atoms with Crippen LogP contribution in [0.25, 0.3) is 0 Å². The number of rotatable bonds is 3. The Morgan fingerprint density at radius 3 is 2.73 bits per heavy atom. The maximum Gasteiger partial charge on any atom is 0.135 e. The quantitative estimate of drug-likeness (QED) is 0.872. The lowest BCUT2D eigenvalue weighted by Gasteiger charge is -2.37. The largest absolute Gasteiger partial charge is 0.354 e. The van der Waals surface area contributed by atoms with E-state index in [1.807, 2.05) is 30.5 Å². The number of benzene rings is 1. The third-order valence-corrected chi connectivity index (χ3v) is 5.87. The minimum absolute atomic E-state index is 0.192. The van der Waals surface area contributed by atoms with Crippen molar-refractivity contribution >= 4 is 16.6 Å².